The molecule has 9 heteroatoms. The van der Waals surface area contributed by atoms with Crippen LogP contribution in [-0.2, 0) is 20.9 Å². The highest BCUT2D eigenvalue weighted by molar-refractivity contribution is 8.02. The van der Waals surface area contributed by atoms with E-state index < -0.39 is 28.7 Å². The van der Waals surface area contributed by atoms with Crippen LogP contribution >= 0.6 is 11.8 Å². The molecule has 3 fully saturated rings. The molecule has 3 heterocycles. The molecule has 3 aliphatic heterocycles. The minimum atomic E-state index is -0.825. The van der Waals surface area contributed by atoms with Crippen molar-refractivity contribution < 1.29 is 24.2 Å². The monoisotopic (exact) mass is 645 g/mol. The lowest BCUT2D eigenvalue weighted by Gasteiger charge is -2.43. The summed E-state index contributed by atoms with van der Waals surface area (Å²) in [5.74, 6) is -1.21. The predicted octanol–water partition coefficient (Wildman–Crippen LogP) is 5.17. The van der Waals surface area contributed by atoms with E-state index in [1.165, 1.54) is 0 Å². The highest BCUT2D eigenvalue weighted by Crippen LogP contribution is 2.69. The number of fused-ring (bicyclic) bond motifs is 1. The first kappa shape index (κ1) is 33.8. The van der Waals surface area contributed by atoms with Gasteiger partial charge < -0.3 is 24.5 Å². The first-order valence-electron chi connectivity index (χ1n) is 16.3. The van der Waals surface area contributed by atoms with Crippen LogP contribution in [0.4, 0.5) is 5.69 Å². The fraction of sp³-hybridized carbons (Fsp3) is 0.486. The van der Waals surface area contributed by atoms with E-state index in [4.69, 9.17) is 4.74 Å². The van der Waals surface area contributed by atoms with Crippen molar-refractivity contribution in [3.8, 4) is 5.75 Å². The van der Waals surface area contributed by atoms with Crippen molar-refractivity contribution in [2.24, 2.45) is 23.7 Å². The quantitative estimate of drug-likeness (QED) is 0.285. The summed E-state index contributed by atoms with van der Waals surface area (Å²) in [5, 5.41) is 10.5. The van der Waals surface area contributed by atoms with E-state index in [0.29, 0.717) is 31.1 Å². The Kier molecular flexibility index (Phi) is 10.3. The number of amides is 3. The number of rotatable bonds is 14. The number of aliphatic hydroxyl groups excluding tert-OH is 1. The number of nitrogens with zero attached hydrogens (tertiary/aromatic N) is 3. The lowest BCUT2D eigenvalue weighted by Crippen LogP contribution is -2.60. The van der Waals surface area contributed by atoms with E-state index in [-0.39, 0.29) is 48.0 Å². The topological polar surface area (TPSA) is 90.4 Å². The first-order chi connectivity index (χ1) is 22.1. The number of carbonyl (C=O) groups is 3. The van der Waals surface area contributed by atoms with Gasteiger partial charge in [-0.25, -0.2) is 0 Å². The van der Waals surface area contributed by atoms with E-state index in [2.05, 4.69) is 20.1 Å². The Bertz CT molecular complexity index is 1430. The second-order valence-electron chi connectivity index (χ2n) is 12.9. The van der Waals surface area contributed by atoms with Crippen molar-refractivity contribution in [2.75, 3.05) is 31.2 Å². The molecule has 0 aliphatic carbocycles. The number of carbonyl (C=O) groups excluding carboxylic acids is 3. The van der Waals surface area contributed by atoms with Gasteiger partial charge in [0.2, 0.25) is 17.7 Å². The highest BCUT2D eigenvalue weighted by Gasteiger charge is 2.77. The number of hydrogen-bond acceptors (Lipinski definition) is 6. The second kappa shape index (κ2) is 14.1. The van der Waals surface area contributed by atoms with Crippen LogP contribution in [0.3, 0.4) is 0 Å². The number of likely N-dealkylation sites (tertiary alicyclic amines) is 1. The molecule has 3 aliphatic rings. The Hall–Kier alpha value is -3.56. The summed E-state index contributed by atoms with van der Waals surface area (Å²) in [7, 11) is 0. The van der Waals surface area contributed by atoms with Crippen LogP contribution in [0.5, 0.6) is 5.75 Å². The number of ether oxygens (including phenoxy) is 1. The van der Waals surface area contributed by atoms with Crippen LogP contribution in [0.15, 0.2) is 79.9 Å². The average Bonchev–Trinajstić information content (AvgIpc) is 3.64. The van der Waals surface area contributed by atoms with Gasteiger partial charge >= 0.3 is 0 Å². The fourth-order valence-electron chi connectivity index (χ4n) is 7.88. The average molecular weight is 646 g/mol. The van der Waals surface area contributed by atoms with Crippen molar-refractivity contribution in [1.29, 1.82) is 0 Å². The van der Waals surface area contributed by atoms with Gasteiger partial charge in [0.1, 0.15) is 11.8 Å². The number of hydrogen-bond donors (Lipinski definition) is 1. The maximum absolute atomic E-state index is 14.9. The Morgan fingerprint density at radius 3 is 2.35 bits per heavy atom. The molecule has 8 nitrogen and oxygen atoms in total. The van der Waals surface area contributed by atoms with Gasteiger partial charge in [0, 0.05) is 30.6 Å². The standard InChI is InChI=1S/C37H47N3O5S/c1-7-19-38(22-26-13-11-10-12-14-26)36(44)33-37-25(6)21-30(46-37)31(32(37)35(43)40(33)29(23-41)24(4)5)34(42)39(20-8-2)27-15-17-28(18-16-27)45-9-3/h7-8,10-18,24-25,29-33,41H,1-2,9,19-23H2,3-6H3/t25?,29-,30-,31+,32-,33?,37?/m0/s1. The summed E-state index contributed by atoms with van der Waals surface area (Å²) in [4.78, 5) is 49.5. The van der Waals surface area contributed by atoms with Gasteiger partial charge in [0.25, 0.3) is 0 Å². The van der Waals surface area contributed by atoms with Gasteiger partial charge in [-0.3, -0.25) is 14.4 Å². The zero-order valence-electron chi connectivity index (χ0n) is 27.4. The molecule has 3 unspecified atom stereocenters. The summed E-state index contributed by atoms with van der Waals surface area (Å²) in [6, 6.07) is 15.8. The van der Waals surface area contributed by atoms with E-state index in [0.717, 1.165) is 12.0 Å². The maximum Gasteiger partial charge on any atom is 0.247 e. The van der Waals surface area contributed by atoms with Crippen LogP contribution in [0.2, 0.25) is 0 Å². The van der Waals surface area contributed by atoms with Crippen molar-refractivity contribution in [3.63, 3.8) is 0 Å². The molecule has 2 aromatic rings. The number of thioether (sulfide) groups is 1. The zero-order valence-corrected chi connectivity index (χ0v) is 28.2. The largest absolute Gasteiger partial charge is 0.494 e. The van der Waals surface area contributed by atoms with Crippen molar-refractivity contribution >= 4 is 35.2 Å². The Morgan fingerprint density at radius 2 is 1.76 bits per heavy atom. The second-order valence-corrected chi connectivity index (χ2v) is 14.5. The van der Waals surface area contributed by atoms with Crippen LogP contribution in [0, 0.1) is 23.7 Å². The van der Waals surface area contributed by atoms with Gasteiger partial charge in [-0.1, -0.05) is 63.3 Å². The molecule has 0 aromatic heterocycles. The molecule has 246 valence electrons. The van der Waals surface area contributed by atoms with Gasteiger partial charge in [-0.2, -0.15) is 0 Å². The molecule has 46 heavy (non-hydrogen) atoms. The Labute approximate surface area is 277 Å². The van der Waals surface area contributed by atoms with Gasteiger partial charge in [0.15, 0.2) is 0 Å². The Balaban J connectivity index is 1.58. The van der Waals surface area contributed by atoms with Crippen molar-refractivity contribution in [3.05, 3.63) is 85.5 Å². The third kappa shape index (κ3) is 5.77. The summed E-state index contributed by atoms with van der Waals surface area (Å²) >= 11 is 1.65. The summed E-state index contributed by atoms with van der Waals surface area (Å²) in [6.07, 6.45) is 4.13. The van der Waals surface area contributed by atoms with E-state index in [9.17, 15) is 19.5 Å². The van der Waals surface area contributed by atoms with Crippen molar-refractivity contribution in [1.82, 2.24) is 9.80 Å². The van der Waals surface area contributed by atoms with Crippen LogP contribution in [0.1, 0.15) is 39.7 Å². The summed E-state index contributed by atoms with van der Waals surface area (Å²) in [6.45, 7) is 17.0. The number of aliphatic hydroxyl groups is 1. The van der Waals surface area contributed by atoms with Gasteiger partial charge in [-0.05, 0) is 55.0 Å². The molecule has 0 radical (unpaired) electrons. The number of benzene rings is 2. The van der Waals surface area contributed by atoms with E-state index in [1.807, 2.05) is 75.4 Å². The zero-order chi connectivity index (χ0) is 33.2. The molecular formula is C37H47N3O5S. The van der Waals surface area contributed by atoms with E-state index in [1.54, 1.807) is 38.6 Å². The summed E-state index contributed by atoms with van der Waals surface area (Å²) in [5.41, 5.74) is 1.68. The van der Waals surface area contributed by atoms with Crippen LogP contribution in [-0.4, -0.2) is 81.0 Å². The normalized spacial score (nSPS) is 27.0. The molecular weight excluding hydrogens is 598 g/mol. The highest BCUT2D eigenvalue weighted by atomic mass is 32.2. The minimum absolute atomic E-state index is 0.00610. The molecule has 5 rings (SSSR count). The summed E-state index contributed by atoms with van der Waals surface area (Å²) < 4.78 is 4.81. The maximum atomic E-state index is 14.9. The first-order valence-corrected chi connectivity index (χ1v) is 17.2. The third-order valence-electron chi connectivity index (χ3n) is 9.93. The molecule has 1 spiro atoms. The molecule has 2 aromatic carbocycles. The van der Waals surface area contributed by atoms with E-state index >= 15 is 0 Å². The molecule has 2 bridgehead atoms. The third-order valence-corrected chi connectivity index (χ3v) is 12.0. The minimum Gasteiger partial charge on any atom is -0.494 e. The molecule has 1 N–H and O–H groups in total. The van der Waals surface area contributed by atoms with Crippen molar-refractivity contribution in [2.45, 2.75) is 62.7 Å². The molecule has 0 saturated carbocycles. The fourth-order valence-corrected chi connectivity index (χ4v) is 10.3. The predicted molar refractivity (Wildman–Crippen MR) is 183 cm³/mol. The van der Waals surface area contributed by atoms with Crippen LogP contribution in [0.25, 0.3) is 0 Å². The molecule has 3 saturated heterocycles. The Morgan fingerprint density at radius 1 is 1.09 bits per heavy atom. The lowest BCUT2D eigenvalue weighted by atomic mass is 9.65. The smallest absolute Gasteiger partial charge is 0.247 e. The van der Waals surface area contributed by atoms with Gasteiger partial charge in [0.05, 0.1) is 35.8 Å². The molecule has 7 atom stereocenters. The van der Waals surface area contributed by atoms with Crippen LogP contribution < -0.4 is 9.64 Å². The lowest BCUT2D eigenvalue weighted by molar-refractivity contribution is -0.147. The van der Waals surface area contributed by atoms with Gasteiger partial charge in [-0.15, -0.1) is 24.9 Å². The molecule has 3 amide bonds. The SMILES string of the molecule is C=CCN(Cc1ccccc1)C(=O)C1N([C@@H](CO)C(C)C)C(=O)[C@@H]2[C@H](C(=O)N(CC=C)c3ccc(OCC)cc3)[C@@H]3CC(C)C12S3. The number of anilines is 1.